The molecule has 24 heavy (non-hydrogen) atoms. The van der Waals surface area contributed by atoms with Gasteiger partial charge in [-0.2, -0.15) is 0 Å². The molecule has 1 aliphatic rings. The maximum Gasteiger partial charge on any atom is 0.241 e. The molecule has 132 valence electrons. The number of hydrogen-bond acceptors (Lipinski definition) is 5. The first-order valence-electron chi connectivity index (χ1n) is 8.26. The smallest absolute Gasteiger partial charge is 0.241 e. The van der Waals surface area contributed by atoms with E-state index in [4.69, 9.17) is 9.47 Å². The zero-order valence-corrected chi connectivity index (χ0v) is 14.4. The van der Waals surface area contributed by atoms with Crippen molar-refractivity contribution in [2.45, 2.75) is 26.8 Å². The van der Waals surface area contributed by atoms with Crippen molar-refractivity contribution in [2.24, 2.45) is 0 Å². The van der Waals surface area contributed by atoms with Crippen molar-refractivity contribution in [3.8, 4) is 11.5 Å². The Kier molecular flexibility index (Phi) is 6.43. The zero-order valence-electron chi connectivity index (χ0n) is 14.4. The van der Waals surface area contributed by atoms with Crippen LogP contribution in [0.1, 0.15) is 20.8 Å². The molecule has 0 radical (unpaired) electrons. The molecule has 2 amide bonds. The first-order chi connectivity index (χ1) is 11.5. The fraction of sp³-hybridized carbons (Fsp3) is 0.529. The third-order valence-electron chi connectivity index (χ3n) is 3.86. The summed E-state index contributed by atoms with van der Waals surface area (Å²) in [7, 11) is 0. The second-order valence-electron chi connectivity index (χ2n) is 5.54. The van der Waals surface area contributed by atoms with Gasteiger partial charge >= 0.3 is 0 Å². The van der Waals surface area contributed by atoms with E-state index in [1.54, 1.807) is 25.1 Å². The maximum atomic E-state index is 12.5. The van der Waals surface area contributed by atoms with E-state index >= 15 is 0 Å². The quantitative estimate of drug-likeness (QED) is 0.784. The molecule has 2 rings (SSSR count). The number of ether oxygens (including phenoxy) is 2. The number of fused-ring (bicyclic) bond motifs is 1. The van der Waals surface area contributed by atoms with Crippen LogP contribution in [0.15, 0.2) is 18.2 Å². The largest absolute Gasteiger partial charge is 0.486 e. The topological polar surface area (TPSA) is 79.9 Å². The highest BCUT2D eigenvalue weighted by molar-refractivity contribution is 5.95. The summed E-state index contributed by atoms with van der Waals surface area (Å²) in [6.07, 6.45) is 0. The fourth-order valence-electron chi connectivity index (χ4n) is 2.49. The second kappa shape index (κ2) is 8.54. The van der Waals surface area contributed by atoms with Gasteiger partial charge in [-0.15, -0.1) is 0 Å². The Labute approximate surface area is 142 Å². The monoisotopic (exact) mass is 335 g/mol. The molecule has 0 saturated heterocycles. The average Bonchev–Trinajstić information content (AvgIpc) is 2.59. The lowest BCUT2D eigenvalue weighted by molar-refractivity contribution is -0.125. The molecule has 7 heteroatoms. The minimum absolute atomic E-state index is 0.0849. The summed E-state index contributed by atoms with van der Waals surface area (Å²) >= 11 is 0. The van der Waals surface area contributed by atoms with E-state index in [1.165, 1.54) is 0 Å². The Morgan fingerprint density at radius 1 is 1.21 bits per heavy atom. The van der Waals surface area contributed by atoms with Gasteiger partial charge in [0.2, 0.25) is 11.8 Å². The van der Waals surface area contributed by atoms with Crippen molar-refractivity contribution in [1.29, 1.82) is 0 Å². The van der Waals surface area contributed by atoms with Crippen molar-refractivity contribution in [1.82, 2.24) is 10.2 Å². The molecule has 0 unspecified atom stereocenters. The summed E-state index contributed by atoms with van der Waals surface area (Å²) in [6, 6.07) is 4.88. The van der Waals surface area contributed by atoms with E-state index in [9.17, 15) is 9.59 Å². The highest BCUT2D eigenvalue weighted by Crippen LogP contribution is 2.32. The number of carbonyl (C=O) groups is 2. The van der Waals surface area contributed by atoms with Crippen LogP contribution in [0.2, 0.25) is 0 Å². The van der Waals surface area contributed by atoms with E-state index in [0.29, 0.717) is 43.5 Å². The molecule has 0 saturated carbocycles. The summed E-state index contributed by atoms with van der Waals surface area (Å²) in [6.45, 7) is 7.98. The Bertz CT molecular complexity index is 591. The number of rotatable bonds is 7. The molecule has 1 heterocycles. The number of amides is 2. The SMILES string of the molecule is CCNC(=O)CN(CC)[C@@H](C)C(=O)Nc1ccc2c(c1)OCCO2. The van der Waals surface area contributed by atoms with Gasteiger partial charge in [-0.1, -0.05) is 6.92 Å². The van der Waals surface area contributed by atoms with Gasteiger partial charge in [-0.3, -0.25) is 14.5 Å². The molecule has 1 aromatic rings. The van der Waals surface area contributed by atoms with Crippen LogP contribution in [-0.2, 0) is 9.59 Å². The molecule has 1 aliphatic heterocycles. The molecule has 1 aromatic carbocycles. The molecule has 1 atom stereocenters. The van der Waals surface area contributed by atoms with Gasteiger partial charge < -0.3 is 20.1 Å². The summed E-state index contributed by atoms with van der Waals surface area (Å²) in [5.74, 6) is 1.05. The van der Waals surface area contributed by atoms with Crippen LogP contribution >= 0.6 is 0 Å². The van der Waals surface area contributed by atoms with Gasteiger partial charge in [-0.25, -0.2) is 0 Å². The van der Waals surface area contributed by atoms with Gasteiger partial charge in [-0.05, 0) is 32.5 Å². The summed E-state index contributed by atoms with van der Waals surface area (Å²) < 4.78 is 11.0. The Hall–Kier alpha value is -2.28. The second-order valence-corrected chi connectivity index (χ2v) is 5.54. The third-order valence-corrected chi connectivity index (χ3v) is 3.86. The van der Waals surface area contributed by atoms with E-state index < -0.39 is 6.04 Å². The molecule has 0 fully saturated rings. The van der Waals surface area contributed by atoms with Crippen molar-refractivity contribution in [3.63, 3.8) is 0 Å². The van der Waals surface area contributed by atoms with Crippen molar-refractivity contribution >= 4 is 17.5 Å². The van der Waals surface area contributed by atoms with E-state index in [-0.39, 0.29) is 18.4 Å². The molecule has 2 N–H and O–H groups in total. The van der Waals surface area contributed by atoms with E-state index in [1.807, 2.05) is 18.7 Å². The first-order valence-corrected chi connectivity index (χ1v) is 8.26. The van der Waals surface area contributed by atoms with Crippen LogP contribution in [0.25, 0.3) is 0 Å². The van der Waals surface area contributed by atoms with Crippen LogP contribution in [0, 0.1) is 0 Å². The van der Waals surface area contributed by atoms with Crippen LogP contribution in [-0.4, -0.2) is 55.6 Å². The summed E-state index contributed by atoms with van der Waals surface area (Å²) in [5.41, 5.74) is 0.644. The van der Waals surface area contributed by atoms with Crippen LogP contribution in [0.4, 0.5) is 5.69 Å². The Morgan fingerprint density at radius 3 is 2.58 bits per heavy atom. The summed E-state index contributed by atoms with van der Waals surface area (Å²) in [4.78, 5) is 26.0. The number of hydrogen-bond donors (Lipinski definition) is 2. The fourth-order valence-corrected chi connectivity index (χ4v) is 2.49. The molecular weight excluding hydrogens is 310 g/mol. The van der Waals surface area contributed by atoms with Gasteiger partial charge in [0.1, 0.15) is 13.2 Å². The third kappa shape index (κ3) is 4.61. The minimum Gasteiger partial charge on any atom is -0.486 e. The standard InChI is InChI=1S/C17H25N3O4/c1-4-18-16(21)11-20(5-2)12(3)17(22)19-13-6-7-14-15(10-13)24-9-8-23-14/h6-7,10,12H,4-5,8-9,11H2,1-3H3,(H,18,21)(H,19,22)/t12-/m0/s1. The lowest BCUT2D eigenvalue weighted by Crippen LogP contribution is -2.46. The number of nitrogens with zero attached hydrogens (tertiary/aromatic N) is 1. The number of benzene rings is 1. The van der Waals surface area contributed by atoms with Gasteiger partial charge in [0.15, 0.2) is 11.5 Å². The Balaban J connectivity index is 1.98. The molecular formula is C17H25N3O4. The lowest BCUT2D eigenvalue weighted by atomic mass is 10.2. The summed E-state index contributed by atoms with van der Waals surface area (Å²) in [5, 5.41) is 5.61. The minimum atomic E-state index is -0.425. The number of likely N-dealkylation sites (N-methyl/N-ethyl adjacent to an activating group) is 2. The predicted octanol–water partition coefficient (Wildman–Crippen LogP) is 1.24. The molecule has 0 aromatic heterocycles. The maximum absolute atomic E-state index is 12.5. The van der Waals surface area contributed by atoms with Crippen LogP contribution < -0.4 is 20.1 Å². The van der Waals surface area contributed by atoms with E-state index in [0.717, 1.165) is 0 Å². The van der Waals surface area contributed by atoms with Gasteiger partial charge in [0, 0.05) is 18.3 Å². The van der Waals surface area contributed by atoms with Crippen LogP contribution in [0.3, 0.4) is 0 Å². The highest BCUT2D eigenvalue weighted by atomic mass is 16.6. The van der Waals surface area contributed by atoms with Crippen molar-refractivity contribution < 1.29 is 19.1 Å². The van der Waals surface area contributed by atoms with Gasteiger partial charge in [0.05, 0.1) is 12.6 Å². The van der Waals surface area contributed by atoms with Crippen molar-refractivity contribution in [2.75, 3.05) is 38.2 Å². The number of carbonyl (C=O) groups excluding carboxylic acids is 2. The highest BCUT2D eigenvalue weighted by Gasteiger charge is 2.22. The molecule has 0 bridgehead atoms. The zero-order chi connectivity index (χ0) is 17.5. The molecule has 0 aliphatic carbocycles. The average molecular weight is 335 g/mol. The molecule has 0 spiro atoms. The Morgan fingerprint density at radius 2 is 1.92 bits per heavy atom. The number of nitrogens with one attached hydrogen (secondary N) is 2. The first kappa shape index (κ1) is 18.1. The lowest BCUT2D eigenvalue weighted by Gasteiger charge is -2.26. The van der Waals surface area contributed by atoms with Crippen LogP contribution in [0.5, 0.6) is 11.5 Å². The van der Waals surface area contributed by atoms with E-state index in [2.05, 4.69) is 10.6 Å². The number of anilines is 1. The van der Waals surface area contributed by atoms with Crippen molar-refractivity contribution in [3.05, 3.63) is 18.2 Å². The molecule has 7 nitrogen and oxygen atoms in total. The normalized spacial score (nSPS) is 14.2. The van der Waals surface area contributed by atoms with Gasteiger partial charge in [0.25, 0.3) is 0 Å². The predicted molar refractivity (Wildman–Crippen MR) is 91.5 cm³/mol.